The number of halogens is 2. The minimum absolute atomic E-state index is 0.0131. The molecule has 0 fully saturated rings. The van der Waals surface area contributed by atoms with Gasteiger partial charge in [0.2, 0.25) is 11.9 Å². The maximum atomic E-state index is 13.1. The van der Waals surface area contributed by atoms with E-state index in [0.717, 1.165) is 10.7 Å². The molecule has 8 heteroatoms. The van der Waals surface area contributed by atoms with E-state index in [1.165, 1.54) is 12.1 Å². The summed E-state index contributed by atoms with van der Waals surface area (Å²) in [5, 5.41) is 9.39. The average Bonchev–Trinajstić information content (AvgIpc) is 2.40. The van der Waals surface area contributed by atoms with E-state index >= 15 is 0 Å². The number of carbonyl (C=O) groups is 1. The van der Waals surface area contributed by atoms with E-state index in [1.807, 2.05) is 0 Å². The van der Waals surface area contributed by atoms with Crippen LogP contribution >= 0.6 is 15.9 Å². The monoisotopic (exact) mass is 340 g/mol. The predicted molar refractivity (Wildman–Crippen MR) is 73.7 cm³/mol. The Kier molecular flexibility index (Phi) is 4.57. The molecule has 1 aromatic carbocycles. The summed E-state index contributed by atoms with van der Waals surface area (Å²) >= 11 is 3.29. The molecule has 1 heterocycles. The van der Waals surface area contributed by atoms with E-state index in [-0.39, 0.29) is 24.1 Å². The summed E-state index contributed by atoms with van der Waals surface area (Å²) in [6.07, 6.45) is 1.48. The van der Waals surface area contributed by atoms with Crippen molar-refractivity contribution in [1.29, 1.82) is 0 Å². The van der Waals surface area contributed by atoms with Crippen molar-refractivity contribution in [3.05, 3.63) is 50.6 Å². The Bertz CT molecular complexity index is 689. The first-order valence-electron chi connectivity index (χ1n) is 5.70. The topological polar surface area (TPSA) is 87.7 Å². The zero-order valence-electron chi connectivity index (χ0n) is 10.2. The lowest BCUT2D eigenvalue weighted by atomic mass is 10.1. The summed E-state index contributed by atoms with van der Waals surface area (Å²) in [6.45, 7) is 0. The average molecular weight is 341 g/mol. The number of nitrogens with zero attached hydrogens (tertiary/aromatic N) is 2. The highest BCUT2D eigenvalue weighted by Crippen LogP contribution is 2.19. The van der Waals surface area contributed by atoms with Gasteiger partial charge in [0.15, 0.2) is 0 Å². The lowest BCUT2D eigenvalue weighted by molar-refractivity contribution is -0.116. The second-order valence-electron chi connectivity index (χ2n) is 3.97. The Balaban J connectivity index is 1.95. The van der Waals surface area contributed by atoms with Gasteiger partial charge in [-0.05, 0) is 30.2 Å². The number of nitrogens with one attached hydrogen (secondary N) is 2. The van der Waals surface area contributed by atoms with Crippen LogP contribution in [-0.2, 0) is 11.2 Å². The number of amides is 1. The van der Waals surface area contributed by atoms with Gasteiger partial charge in [0.25, 0.3) is 5.56 Å². The summed E-state index contributed by atoms with van der Waals surface area (Å²) in [6, 6.07) is 4.28. The second-order valence-corrected chi connectivity index (χ2v) is 4.82. The fraction of sp³-hybridized carbons (Fsp3) is 0.167. The van der Waals surface area contributed by atoms with Crippen molar-refractivity contribution in [2.45, 2.75) is 12.8 Å². The highest BCUT2D eigenvalue weighted by atomic mass is 79.9. The van der Waals surface area contributed by atoms with Gasteiger partial charge in [-0.2, -0.15) is 0 Å². The van der Waals surface area contributed by atoms with Gasteiger partial charge in [0, 0.05) is 10.9 Å². The number of hydrogen-bond acceptors (Lipinski definition) is 4. The van der Waals surface area contributed by atoms with Gasteiger partial charge in [-0.25, -0.2) is 4.39 Å². The van der Waals surface area contributed by atoms with Crippen LogP contribution in [0.25, 0.3) is 0 Å². The molecule has 0 spiro atoms. The first-order valence-corrected chi connectivity index (χ1v) is 6.49. The first-order chi connectivity index (χ1) is 9.54. The van der Waals surface area contributed by atoms with Crippen LogP contribution in [-0.4, -0.2) is 21.1 Å². The molecule has 1 aromatic heterocycles. The van der Waals surface area contributed by atoms with Gasteiger partial charge in [-0.3, -0.25) is 19.9 Å². The Morgan fingerprint density at radius 2 is 2.25 bits per heavy atom. The van der Waals surface area contributed by atoms with Crippen LogP contribution in [0.2, 0.25) is 0 Å². The number of aryl methyl sites for hydroxylation is 1. The van der Waals surface area contributed by atoms with Crippen LogP contribution in [0.5, 0.6) is 0 Å². The molecule has 104 valence electrons. The van der Waals surface area contributed by atoms with E-state index in [2.05, 4.69) is 36.4 Å². The Morgan fingerprint density at radius 1 is 1.45 bits per heavy atom. The Hall–Kier alpha value is -2.09. The summed E-state index contributed by atoms with van der Waals surface area (Å²) in [5.41, 5.74) is 0.232. The van der Waals surface area contributed by atoms with Crippen molar-refractivity contribution in [1.82, 2.24) is 15.2 Å². The van der Waals surface area contributed by atoms with Crippen molar-refractivity contribution in [2.75, 3.05) is 5.32 Å². The lowest BCUT2D eigenvalue weighted by Gasteiger charge is -2.05. The van der Waals surface area contributed by atoms with Gasteiger partial charge in [-0.1, -0.05) is 15.9 Å². The first kappa shape index (κ1) is 14.3. The molecule has 2 rings (SSSR count). The minimum Gasteiger partial charge on any atom is -0.295 e. The fourth-order valence-electron chi connectivity index (χ4n) is 1.55. The number of benzene rings is 1. The standard InChI is InChI=1S/C12H10BrFN4O2/c13-9-3-2-8(14)5-7(9)1-4-10(19)16-12-17-11(20)6-15-18-12/h2-3,5-6H,1,4H2,(H2,16,17,18,19,20). The zero-order chi connectivity index (χ0) is 14.5. The number of rotatable bonds is 4. The highest BCUT2D eigenvalue weighted by Gasteiger charge is 2.08. The second kappa shape index (κ2) is 6.38. The number of H-pyrrole nitrogens is 1. The molecular weight excluding hydrogens is 331 g/mol. The Morgan fingerprint density at radius 3 is 3.00 bits per heavy atom. The van der Waals surface area contributed by atoms with Crippen molar-refractivity contribution in [3.8, 4) is 0 Å². The third kappa shape index (κ3) is 3.95. The summed E-state index contributed by atoms with van der Waals surface area (Å²) in [5.74, 6) is -0.722. The van der Waals surface area contributed by atoms with Crippen LogP contribution in [0.4, 0.5) is 10.3 Å². The van der Waals surface area contributed by atoms with Gasteiger partial charge >= 0.3 is 0 Å². The summed E-state index contributed by atoms with van der Waals surface area (Å²) < 4.78 is 13.8. The number of hydrogen-bond donors (Lipinski definition) is 2. The van der Waals surface area contributed by atoms with E-state index in [1.54, 1.807) is 6.07 Å². The molecule has 0 saturated heterocycles. The third-order valence-corrected chi connectivity index (χ3v) is 3.23. The molecule has 20 heavy (non-hydrogen) atoms. The van der Waals surface area contributed by atoms with E-state index in [9.17, 15) is 14.0 Å². The van der Waals surface area contributed by atoms with Crippen LogP contribution in [0.1, 0.15) is 12.0 Å². The highest BCUT2D eigenvalue weighted by molar-refractivity contribution is 9.10. The van der Waals surface area contributed by atoms with Crippen molar-refractivity contribution < 1.29 is 9.18 Å². The van der Waals surface area contributed by atoms with E-state index in [0.29, 0.717) is 12.0 Å². The molecule has 0 aliphatic rings. The Labute approximate surface area is 121 Å². The molecule has 2 N–H and O–H groups in total. The molecule has 0 saturated carbocycles. The van der Waals surface area contributed by atoms with Gasteiger partial charge in [-0.15, -0.1) is 10.2 Å². The van der Waals surface area contributed by atoms with Gasteiger partial charge < -0.3 is 0 Å². The number of aromatic amines is 1. The van der Waals surface area contributed by atoms with Crippen molar-refractivity contribution in [2.24, 2.45) is 0 Å². The summed E-state index contributed by atoms with van der Waals surface area (Å²) in [4.78, 5) is 25.0. The van der Waals surface area contributed by atoms with E-state index in [4.69, 9.17) is 0 Å². The molecular formula is C12H10BrFN4O2. The third-order valence-electron chi connectivity index (χ3n) is 2.46. The number of aromatic nitrogens is 3. The smallest absolute Gasteiger partial charge is 0.271 e. The van der Waals surface area contributed by atoms with E-state index < -0.39 is 5.56 Å². The largest absolute Gasteiger partial charge is 0.295 e. The van der Waals surface area contributed by atoms with Crippen LogP contribution in [0, 0.1) is 5.82 Å². The molecule has 6 nitrogen and oxygen atoms in total. The van der Waals surface area contributed by atoms with Crippen molar-refractivity contribution >= 4 is 27.8 Å². The van der Waals surface area contributed by atoms with Crippen LogP contribution in [0.15, 0.2) is 33.7 Å². The molecule has 0 aliphatic heterocycles. The molecule has 1 amide bonds. The lowest BCUT2D eigenvalue weighted by Crippen LogP contribution is -2.18. The maximum absolute atomic E-state index is 13.1. The minimum atomic E-state index is -0.455. The SMILES string of the molecule is O=C(CCc1cc(F)ccc1Br)Nc1nncc(=O)[nH]1. The molecule has 0 atom stereocenters. The molecule has 0 bridgehead atoms. The van der Waals surface area contributed by atoms with Crippen molar-refractivity contribution in [3.63, 3.8) is 0 Å². The van der Waals surface area contributed by atoms with Crippen LogP contribution < -0.4 is 10.9 Å². The maximum Gasteiger partial charge on any atom is 0.271 e. The zero-order valence-corrected chi connectivity index (χ0v) is 11.8. The number of anilines is 1. The fourth-order valence-corrected chi connectivity index (χ4v) is 1.99. The van der Waals surface area contributed by atoms with Gasteiger partial charge in [0.05, 0.1) is 0 Å². The predicted octanol–water partition coefficient (Wildman–Crippen LogP) is 1.64. The quantitative estimate of drug-likeness (QED) is 0.885. The molecule has 2 aromatic rings. The molecule has 0 aliphatic carbocycles. The van der Waals surface area contributed by atoms with Crippen LogP contribution in [0.3, 0.4) is 0 Å². The van der Waals surface area contributed by atoms with Gasteiger partial charge in [0.1, 0.15) is 12.0 Å². The summed E-state index contributed by atoms with van der Waals surface area (Å²) in [7, 11) is 0. The molecule has 0 unspecified atom stereocenters. The number of carbonyl (C=O) groups excluding carboxylic acids is 1. The normalized spacial score (nSPS) is 10.3. The molecule has 0 radical (unpaired) electrons.